The van der Waals surface area contributed by atoms with Crippen molar-refractivity contribution in [3.8, 4) is 0 Å². The van der Waals surface area contributed by atoms with Crippen LogP contribution in [0.2, 0.25) is 0 Å². The van der Waals surface area contributed by atoms with Crippen LogP contribution in [0.4, 0.5) is 19.0 Å². The minimum Gasteiger partial charge on any atom is -0.355 e. The molecule has 0 aromatic carbocycles. The number of likely N-dealkylation sites (tertiary alicyclic amines) is 1. The number of hydrogen-bond acceptors (Lipinski definition) is 6. The lowest BCUT2D eigenvalue weighted by Gasteiger charge is -2.38. The van der Waals surface area contributed by atoms with Gasteiger partial charge in [0.15, 0.2) is 0 Å². The summed E-state index contributed by atoms with van der Waals surface area (Å²) in [6.45, 7) is 5.14. The molecule has 1 aromatic heterocycles. The number of carbonyl (C=O) groups is 1. The number of hydrogen-bond donors (Lipinski definition) is 0. The van der Waals surface area contributed by atoms with Crippen molar-refractivity contribution in [2.24, 2.45) is 0 Å². The Morgan fingerprint density at radius 2 is 1.85 bits per heavy atom. The first-order valence-corrected chi connectivity index (χ1v) is 8.85. The highest BCUT2D eigenvalue weighted by atomic mass is 19.4. The molecule has 27 heavy (non-hydrogen) atoms. The fourth-order valence-electron chi connectivity index (χ4n) is 3.38. The van der Waals surface area contributed by atoms with Crippen LogP contribution in [-0.2, 0) is 4.74 Å². The van der Waals surface area contributed by atoms with Crippen LogP contribution in [0.3, 0.4) is 0 Å². The van der Waals surface area contributed by atoms with Crippen molar-refractivity contribution in [1.29, 1.82) is 0 Å². The number of amides is 1. The van der Waals surface area contributed by atoms with E-state index in [4.69, 9.17) is 0 Å². The molecule has 3 heterocycles. The highest BCUT2D eigenvalue weighted by molar-refractivity contribution is 5.91. The van der Waals surface area contributed by atoms with Crippen molar-refractivity contribution in [2.75, 3.05) is 45.2 Å². The van der Waals surface area contributed by atoms with E-state index in [-0.39, 0.29) is 18.9 Å². The van der Waals surface area contributed by atoms with Crippen molar-refractivity contribution < 1.29 is 22.7 Å². The van der Waals surface area contributed by atoms with Crippen molar-refractivity contribution in [1.82, 2.24) is 19.8 Å². The Kier molecular flexibility index (Phi) is 5.31. The number of alkyl halides is 3. The molecule has 10 heteroatoms. The maximum Gasteiger partial charge on any atom is 0.522 e. The number of aromatic nitrogens is 2. The average Bonchev–Trinajstić information content (AvgIpc) is 3.01. The summed E-state index contributed by atoms with van der Waals surface area (Å²) in [5.74, 6) is 0.274. The molecule has 150 valence electrons. The molecule has 2 fully saturated rings. The Balaban J connectivity index is 1.72. The second-order valence-corrected chi connectivity index (χ2v) is 7.33. The topological polar surface area (TPSA) is 61.8 Å². The molecule has 1 atom stereocenters. The first kappa shape index (κ1) is 19.8. The van der Waals surface area contributed by atoms with Gasteiger partial charge in [0, 0.05) is 43.5 Å². The van der Waals surface area contributed by atoms with E-state index in [2.05, 4.69) is 24.5 Å². The molecule has 1 aromatic rings. The fraction of sp³-hybridized carbons (Fsp3) is 0.706. The standard InChI is InChI=1S/C17H24F3N5O2/c1-10-11(2)21-14(16(26)25-8-13(9-25)27-17(18,19)20)22-15(10)24-6-5-12(7-24)23(3)4/h12-13H,5-9H2,1-4H3/t12-/m1/s1. The van der Waals surface area contributed by atoms with Crippen LogP contribution in [0.15, 0.2) is 0 Å². The first-order valence-electron chi connectivity index (χ1n) is 8.85. The number of halogens is 3. The number of ether oxygens (including phenoxy) is 1. The van der Waals surface area contributed by atoms with Gasteiger partial charge in [-0.1, -0.05) is 0 Å². The summed E-state index contributed by atoms with van der Waals surface area (Å²) < 4.78 is 40.6. The molecule has 2 aliphatic heterocycles. The van der Waals surface area contributed by atoms with E-state index in [1.54, 1.807) is 0 Å². The zero-order chi connectivity index (χ0) is 19.9. The quantitative estimate of drug-likeness (QED) is 0.782. The summed E-state index contributed by atoms with van der Waals surface area (Å²) in [7, 11) is 4.06. The minimum atomic E-state index is -4.69. The lowest BCUT2D eigenvalue weighted by Crippen LogP contribution is -2.56. The van der Waals surface area contributed by atoms with E-state index in [9.17, 15) is 18.0 Å². The second kappa shape index (κ2) is 7.23. The number of likely N-dealkylation sites (N-methyl/N-ethyl adjacent to an activating group) is 1. The molecule has 1 amide bonds. The smallest absolute Gasteiger partial charge is 0.355 e. The zero-order valence-electron chi connectivity index (χ0n) is 15.9. The Morgan fingerprint density at radius 3 is 2.41 bits per heavy atom. The predicted molar refractivity (Wildman–Crippen MR) is 92.6 cm³/mol. The molecule has 0 spiro atoms. The van der Waals surface area contributed by atoms with Gasteiger partial charge in [-0.2, -0.15) is 0 Å². The van der Waals surface area contributed by atoms with Gasteiger partial charge in [-0.25, -0.2) is 9.97 Å². The SMILES string of the molecule is Cc1nc(C(=O)N2CC(OC(F)(F)F)C2)nc(N2CC[C@@H](N(C)C)C2)c1C. The van der Waals surface area contributed by atoms with Gasteiger partial charge < -0.3 is 14.7 Å². The minimum absolute atomic E-state index is 0.0202. The van der Waals surface area contributed by atoms with Gasteiger partial charge in [-0.15, -0.1) is 13.2 Å². The summed E-state index contributed by atoms with van der Waals surface area (Å²) in [4.78, 5) is 26.9. The van der Waals surface area contributed by atoms with Crippen molar-refractivity contribution in [3.63, 3.8) is 0 Å². The number of anilines is 1. The molecule has 0 N–H and O–H groups in total. The molecule has 0 aliphatic carbocycles. The number of rotatable bonds is 4. The van der Waals surface area contributed by atoms with Gasteiger partial charge in [0.1, 0.15) is 11.9 Å². The van der Waals surface area contributed by atoms with Crippen LogP contribution in [0.25, 0.3) is 0 Å². The first-order chi connectivity index (χ1) is 12.5. The van der Waals surface area contributed by atoms with Crippen molar-refractivity contribution in [3.05, 3.63) is 17.1 Å². The summed E-state index contributed by atoms with van der Waals surface area (Å²) in [5, 5.41) is 0. The molecular weight excluding hydrogens is 363 g/mol. The molecule has 2 saturated heterocycles. The van der Waals surface area contributed by atoms with Crippen molar-refractivity contribution >= 4 is 11.7 Å². The zero-order valence-corrected chi connectivity index (χ0v) is 15.9. The summed E-state index contributed by atoms with van der Waals surface area (Å²) in [6, 6.07) is 0.412. The van der Waals surface area contributed by atoms with Crippen molar-refractivity contribution in [2.45, 2.75) is 38.8 Å². The summed E-state index contributed by atoms with van der Waals surface area (Å²) in [5.41, 5.74) is 1.60. The molecule has 0 unspecified atom stereocenters. The lowest BCUT2D eigenvalue weighted by molar-refractivity contribution is -0.352. The fourth-order valence-corrected chi connectivity index (χ4v) is 3.38. The Labute approximate surface area is 156 Å². The largest absolute Gasteiger partial charge is 0.522 e. The van der Waals surface area contributed by atoms with E-state index in [1.165, 1.54) is 4.90 Å². The molecule has 7 nitrogen and oxygen atoms in total. The van der Waals surface area contributed by atoms with Crippen LogP contribution in [0.5, 0.6) is 0 Å². The van der Waals surface area contributed by atoms with Crippen LogP contribution in [0, 0.1) is 13.8 Å². The third-order valence-electron chi connectivity index (χ3n) is 5.18. The molecule has 0 bridgehead atoms. The Bertz CT molecular complexity index is 719. The lowest BCUT2D eigenvalue weighted by atomic mass is 10.1. The summed E-state index contributed by atoms with van der Waals surface area (Å²) in [6.07, 6.45) is -4.72. The van der Waals surface area contributed by atoms with Gasteiger partial charge in [-0.05, 0) is 34.4 Å². The maximum atomic E-state index is 12.6. The van der Waals surface area contributed by atoms with Crippen LogP contribution < -0.4 is 4.90 Å². The van der Waals surface area contributed by atoms with Gasteiger partial charge in [0.05, 0.1) is 0 Å². The van der Waals surface area contributed by atoms with Gasteiger partial charge in [0.25, 0.3) is 5.91 Å². The number of carbonyl (C=O) groups excluding carboxylic acids is 1. The van der Waals surface area contributed by atoms with E-state index < -0.39 is 18.4 Å². The van der Waals surface area contributed by atoms with E-state index in [1.807, 2.05) is 27.9 Å². The van der Waals surface area contributed by atoms with Crippen LogP contribution in [0.1, 0.15) is 28.3 Å². The monoisotopic (exact) mass is 387 g/mol. The third kappa shape index (κ3) is 4.32. The average molecular weight is 387 g/mol. The van der Waals surface area contributed by atoms with Gasteiger partial charge >= 0.3 is 6.36 Å². The second-order valence-electron chi connectivity index (χ2n) is 7.33. The number of aryl methyl sites for hydroxylation is 1. The molecule has 0 saturated carbocycles. The van der Waals surface area contributed by atoms with E-state index in [0.29, 0.717) is 11.7 Å². The number of nitrogens with zero attached hydrogens (tertiary/aromatic N) is 5. The highest BCUT2D eigenvalue weighted by Gasteiger charge is 2.41. The summed E-state index contributed by atoms with van der Waals surface area (Å²) >= 11 is 0. The molecule has 0 radical (unpaired) electrons. The maximum absolute atomic E-state index is 12.6. The Hall–Kier alpha value is -1.94. The van der Waals surface area contributed by atoms with Crippen LogP contribution in [-0.4, -0.2) is 84.5 Å². The predicted octanol–water partition coefficient (Wildman–Crippen LogP) is 1.59. The molecule has 2 aliphatic rings. The molecule has 3 rings (SSSR count). The van der Waals surface area contributed by atoms with E-state index >= 15 is 0 Å². The highest BCUT2D eigenvalue weighted by Crippen LogP contribution is 2.27. The normalized spacial score (nSPS) is 21.1. The third-order valence-corrected chi connectivity index (χ3v) is 5.18. The van der Waals surface area contributed by atoms with Crippen LogP contribution >= 0.6 is 0 Å². The molecular formula is C17H24F3N5O2. The van der Waals surface area contributed by atoms with E-state index in [0.717, 1.165) is 30.9 Å². The van der Waals surface area contributed by atoms with Gasteiger partial charge in [-0.3, -0.25) is 9.53 Å². The Morgan fingerprint density at radius 1 is 1.19 bits per heavy atom. The van der Waals surface area contributed by atoms with Gasteiger partial charge in [0.2, 0.25) is 5.82 Å².